The minimum Gasteiger partial charge on any atom is -0.368 e. The van der Waals surface area contributed by atoms with Crippen LogP contribution in [0.4, 0.5) is 0 Å². The third-order valence-electron chi connectivity index (χ3n) is 3.57. The Balaban J connectivity index is 1.77. The van der Waals surface area contributed by atoms with Crippen LogP contribution in [0.15, 0.2) is 65.5 Å². The molecule has 0 saturated carbocycles. The maximum absolute atomic E-state index is 12.4. The van der Waals surface area contributed by atoms with E-state index in [0.29, 0.717) is 11.1 Å². The number of hydrogen-bond acceptors (Lipinski definition) is 4. The second kappa shape index (κ2) is 7.06. The van der Waals surface area contributed by atoms with Gasteiger partial charge in [0.15, 0.2) is 0 Å². The van der Waals surface area contributed by atoms with E-state index in [9.17, 15) is 9.59 Å². The van der Waals surface area contributed by atoms with E-state index in [1.54, 1.807) is 41.9 Å². The van der Waals surface area contributed by atoms with Gasteiger partial charge in [-0.25, -0.2) is 4.98 Å². The number of nitrogens with one attached hydrogen (secondary N) is 1. The van der Waals surface area contributed by atoms with Gasteiger partial charge in [0.25, 0.3) is 5.91 Å². The Hall–Kier alpha value is -2.99. The van der Waals surface area contributed by atoms with Gasteiger partial charge in [0, 0.05) is 16.5 Å². The zero-order valence-electron chi connectivity index (χ0n) is 12.7. The quantitative estimate of drug-likeness (QED) is 0.751. The summed E-state index contributed by atoms with van der Waals surface area (Å²) in [5, 5.41) is 4.61. The first kappa shape index (κ1) is 15.9. The van der Waals surface area contributed by atoms with Gasteiger partial charge >= 0.3 is 0 Å². The standard InChI is InChI=1S/C18H15N3O2S/c19-17(22)16(13-4-2-1-3-5-13)21-18(23)14-8-6-12(7-9-14)15-10-24-11-20-15/h1-11,16H,(H2,19,22)(H,21,23). The van der Waals surface area contributed by atoms with Crippen LogP contribution >= 0.6 is 11.3 Å². The molecule has 3 rings (SSSR count). The molecule has 2 aromatic carbocycles. The second-order valence-electron chi connectivity index (χ2n) is 5.17. The number of thiazole rings is 1. The van der Waals surface area contributed by atoms with Crippen LogP contribution in [-0.4, -0.2) is 16.8 Å². The van der Waals surface area contributed by atoms with E-state index in [-0.39, 0.29) is 5.91 Å². The van der Waals surface area contributed by atoms with Crippen molar-refractivity contribution in [1.82, 2.24) is 10.3 Å². The summed E-state index contributed by atoms with van der Waals surface area (Å²) in [6.45, 7) is 0. The average Bonchev–Trinajstić information content (AvgIpc) is 3.15. The molecule has 3 aromatic rings. The van der Waals surface area contributed by atoms with Crippen LogP contribution in [0.25, 0.3) is 11.3 Å². The van der Waals surface area contributed by atoms with Gasteiger partial charge in [-0.3, -0.25) is 9.59 Å². The summed E-state index contributed by atoms with van der Waals surface area (Å²) in [5.74, 6) is -0.957. The van der Waals surface area contributed by atoms with Crippen molar-refractivity contribution in [3.05, 3.63) is 76.6 Å². The third kappa shape index (κ3) is 3.49. The van der Waals surface area contributed by atoms with E-state index in [1.807, 2.05) is 23.6 Å². The average molecular weight is 337 g/mol. The summed E-state index contributed by atoms with van der Waals surface area (Å²) in [6, 6.07) is 15.1. The van der Waals surface area contributed by atoms with E-state index in [4.69, 9.17) is 5.73 Å². The van der Waals surface area contributed by atoms with Crippen molar-refractivity contribution in [2.75, 3.05) is 0 Å². The largest absolute Gasteiger partial charge is 0.368 e. The molecule has 3 N–H and O–H groups in total. The minimum atomic E-state index is -0.864. The fraction of sp³-hybridized carbons (Fsp3) is 0.0556. The molecule has 24 heavy (non-hydrogen) atoms. The molecule has 0 radical (unpaired) electrons. The number of carbonyl (C=O) groups excluding carboxylic acids is 2. The molecule has 0 aliphatic carbocycles. The monoisotopic (exact) mass is 337 g/mol. The zero-order valence-corrected chi connectivity index (χ0v) is 13.5. The van der Waals surface area contributed by atoms with Gasteiger partial charge in [0.2, 0.25) is 5.91 Å². The van der Waals surface area contributed by atoms with Gasteiger partial charge in [-0.05, 0) is 17.7 Å². The Morgan fingerprint density at radius 3 is 2.33 bits per heavy atom. The van der Waals surface area contributed by atoms with Crippen LogP contribution in [0, 0.1) is 0 Å². The van der Waals surface area contributed by atoms with Gasteiger partial charge in [-0.15, -0.1) is 11.3 Å². The molecule has 5 nitrogen and oxygen atoms in total. The summed E-state index contributed by atoms with van der Waals surface area (Å²) in [6.07, 6.45) is 0. The second-order valence-corrected chi connectivity index (χ2v) is 5.89. The summed E-state index contributed by atoms with van der Waals surface area (Å²) in [4.78, 5) is 28.3. The smallest absolute Gasteiger partial charge is 0.252 e. The molecule has 1 unspecified atom stereocenters. The highest BCUT2D eigenvalue weighted by molar-refractivity contribution is 7.07. The highest BCUT2D eigenvalue weighted by atomic mass is 32.1. The predicted molar refractivity (Wildman–Crippen MR) is 93.4 cm³/mol. The molecule has 0 bridgehead atoms. The lowest BCUT2D eigenvalue weighted by molar-refractivity contribution is -0.120. The fourth-order valence-corrected chi connectivity index (χ4v) is 2.89. The summed E-state index contributed by atoms with van der Waals surface area (Å²) < 4.78 is 0. The Kier molecular flexibility index (Phi) is 4.67. The molecule has 0 aliphatic rings. The van der Waals surface area contributed by atoms with E-state index in [1.165, 1.54) is 11.3 Å². The lowest BCUT2D eigenvalue weighted by atomic mass is 10.0. The topological polar surface area (TPSA) is 85.1 Å². The van der Waals surface area contributed by atoms with Gasteiger partial charge < -0.3 is 11.1 Å². The predicted octanol–water partition coefficient (Wildman–Crippen LogP) is 2.77. The van der Waals surface area contributed by atoms with Crippen LogP contribution in [0.5, 0.6) is 0 Å². The van der Waals surface area contributed by atoms with Crippen molar-refractivity contribution in [2.24, 2.45) is 5.73 Å². The summed E-state index contributed by atoms with van der Waals surface area (Å²) in [5.41, 5.74) is 10.1. The van der Waals surface area contributed by atoms with Crippen molar-refractivity contribution in [1.29, 1.82) is 0 Å². The van der Waals surface area contributed by atoms with Crippen LogP contribution in [0.3, 0.4) is 0 Å². The first-order chi connectivity index (χ1) is 11.6. The molecule has 2 amide bonds. The normalized spacial score (nSPS) is 11.7. The van der Waals surface area contributed by atoms with Crippen molar-refractivity contribution < 1.29 is 9.59 Å². The minimum absolute atomic E-state index is 0.354. The van der Waals surface area contributed by atoms with Gasteiger partial charge in [-0.1, -0.05) is 42.5 Å². The van der Waals surface area contributed by atoms with E-state index >= 15 is 0 Å². The summed E-state index contributed by atoms with van der Waals surface area (Å²) in [7, 11) is 0. The van der Waals surface area contributed by atoms with Crippen molar-refractivity contribution >= 4 is 23.2 Å². The Bertz CT molecular complexity index is 830. The number of carbonyl (C=O) groups is 2. The number of rotatable bonds is 5. The van der Waals surface area contributed by atoms with Crippen molar-refractivity contribution in [3.63, 3.8) is 0 Å². The molecule has 1 aromatic heterocycles. The first-order valence-corrected chi connectivity index (χ1v) is 8.23. The highest BCUT2D eigenvalue weighted by Gasteiger charge is 2.20. The Morgan fingerprint density at radius 1 is 1.04 bits per heavy atom. The fourth-order valence-electron chi connectivity index (χ4n) is 2.33. The van der Waals surface area contributed by atoms with Crippen LogP contribution < -0.4 is 11.1 Å². The number of amides is 2. The molecule has 0 fully saturated rings. The van der Waals surface area contributed by atoms with E-state index in [2.05, 4.69) is 10.3 Å². The number of primary amides is 1. The van der Waals surface area contributed by atoms with Gasteiger partial charge in [0.1, 0.15) is 6.04 Å². The highest BCUT2D eigenvalue weighted by Crippen LogP contribution is 2.20. The number of nitrogens with two attached hydrogens (primary N) is 1. The lowest BCUT2D eigenvalue weighted by Gasteiger charge is -2.16. The number of aromatic nitrogens is 1. The lowest BCUT2D eigenvalue weighted by Crippen LogP contribution is -2.37. The van der Waals surface area contributed by atoms with Crippen LogP contribution in [-0.2, 0) is 4.79 Å². The molecule has 6 heteroatoms. The van der Waals surface area contributed by atoms with Gasteiger partial charge in [0.05, 0.1) is 11.2 Å². The Labute approximate surface area is 143 Å². The molecular formula is C18H15N3O2S. The van der Waals surface area contributed by atoms with E-state index < -0.39 is 11.9 Å². The molecular weight excluding hydrogens is 322 g/mol. The number of hydrogen-bond donors (Lipinski definition) is 2. The molecule has 1 atom stereocenters. The van der Waals surface area contributed by atoms with Crippen molar-refractivity contribution in [3.8, 4) is 11.3 Å². The van der Waals surface area contributed by atoms with Crippen molar-refractivity contribution in [2.45, 2.75) is 6.04 Å². The Morgan fingerprint density at radius 2 is 1.75 bits per heavy atom. The van der Waals surface area contributed by atoms with E-state index in [0.717, 1.165) is 11.3 Å². The summed E-state index contributed by atoms with van der Waals surface area (Å²) >= 11 is 1.51. The zero-order chi connectivity index (χ0) is 16.9. The SMILES string of the molecule is NC(=O)C(NC(=O)c1ccc(-c2cscn2)cc1)c1ccccc1. The van der Waals surface area contributed by atoms with Gasteiger partial charge in [-0.2, -0.15) is 0 Å². The third-order valence-corrected chi connectivity index (χ3v) is 4.15. The molecule has 0 spiro atoms. The number of benzene rings is 2. The molecule has 120 valence electrons. The molecule has 1 heterocycles. The molecule has 0 saturated heterocycles. The first-order valence-electron chi connectivity index (χ1n) is 7.29. The maximum atomic E-state index is 12.4. The number of nitrogens with zero attached hydrogens (tertiary/aromatic N) is 1. The maximum Gasteiger partial charge on any atom is 0.252 e. The molecule has 0 aliphatic heterocycles. The van der Waals surface area contributed by atoms with Crippen LogP contribution in [0.1, 0.15) is 22.0 Å². The van der Waals surface area contributed by atoms with Crippen LogP contribution in [0.2, 0.25) is 0 Å².